The molecule has 1 aliphatic rings. The Kier molecular flexibility index (Phi) is 3.96. The molecule has 0 radical (unpaired) electrons. The number of carbonyl (C=O) groups is 1. The Labute approximate surface area is 99.5 Å². The third kappa shape index (κ3) is 3.06. The first-order valence-corrected chi connectivity index (χ1v) is 6.63. The second-order valence-corrected chi connectivity index (χ2v) is 5.31. The molecule has 0 aromatic carbocycles. The number of amides is 1. The number of hydrogen-bond acceptors (Lipinski definition) is 3. The van der Waals surface area contributed by atoms with E-state index < -0.39 is 0 Å². The molecule has 1 aromatic heterocycles. The summed E-state index contributed by atoms with van der Waals surface area (Å²) in [4.78, 5) is 12.8. The van der Waals surface area contributed by atoms with Gasteiger partial charge in [-0.15, -0.1) is 11.3 Å². The van der Waals surface area contributed by atoms with Crippen molar-refractivity contribution >= 4 is 17.2 Å². The second kappa shape index (κ2) is 5.46. The van der Waals surface area contributed by atoms with Crippen molar-refractivity contribution in [3.63, 3.8) is 0 Å². The van der Waals surface area contributed by atoms with Gasteiger partial charge in [0.15, 0.2) is 0 Å². The average Bonchev–Trinajstić information content (AvgIpc) is 2.74. The number of rotatable bonds is 3. The van der Waals surface area contributed by atoms with E-state index in [-0.39, 0.29) is 18.1 Å². The molecule has 4 heteroatoms. The minimum Gasteiger partial charge on any atom is -0.391 e. The van der Waals surface area contributed by atoms with Crippen molar-refractivity contribution in [2.45, 2.75) is 44.2 Å². The number of aliphatic hydroxyl groups is 1. The van der Waals surface area contributed by atoms with Crippen molar-refractivity contribution in [3.05, 3.63) is 22.4 Å². The predicted octanol–water partition coefficient (Wildman–Crippen LogP) is 1.71. The van der Waals surface area contributed by atoms with Crippen LogP contribution in [0.5, 0.6) is 0 Å². The van der Waals surface area contributed by atoms with Crippen LogP contribution in [0.2, 0.25) is 0 Å². The van der Waals surface area contributed by atoms with Crippen molar-refractivity contribution in [2.75, 3.05) is 0 Å². The molecule has 1 heterocycles. The van der Waals surface area contributed by atoms with Crippen LogP contribution in [0, 0.1) is 0 Å². The highest BCUT2D eigenvalue weighted by Gasteiger charge is 2.24. The van der Waals surface area contributed by atoms with E-state index in [2.05, 4.69) is 5.32 Å². The summed E-state index contributed by atoms with van der Waals surface area (Å²) in [5.74, 6) is 0.0217. The number of aliphatic hydroxyl groups excluding tert-OH is 1. The average molecular weight is 239 g/mol. The lowest BCUT2D eigenvalue weighted by Gasteiger charge is -2.28. The van der Waals surface area contributed by atoms with Crippen LogP contribution in [0.25, 0.3) is 0 Å². The molecule has 3 nitrogen and oxygen atoms in total. The zero-order chi connectivity index (χ0) is 11.4. The largest absolute Gasteiger partial charge is 0.391 e. The van der Waals surface area contributed by atoms with Gasteiger partial charge in [-0.05, 0) is 24.3 Å². The van der Waals surface area contributed by atoms with E-state index in [0.717, 1.165) is 30.6 Å². The molecule has 16 heavy (non-hydrogen) atoms. The number of nitrogens with one attached hydrogen (secondary N) is 1. The van der Waals surface area contributed by atoms with E-state index in [9.17, 15) is 9.90 Å². The van der Waals surface area contributed by atoms with Crippen LogP contribution in [0.3, 0.4) is 0 Å². The summed E-state index contributed by atoms with van der Waals surface area (Å²) in [5.41, 5.74) is 0. The maximum absolute atomic E-state index is 11.7. The molecule has 1 aliphatic carbocycles. The van der Waals surface area contributed by atoms with Gasteiger partial charge in [-0.25, -0.2) is 0 Å². The molecule has 0 saturated heterocycles. The molecule has 0 bridgehead atoms. The highest BCUT2D eigenvalue weighted by Crippen LogP contribution is 2.18. The molecule has 1 amide bonds. The number of thiophene rings is 1. The summed E-state index contributed by atoms with van der Waals surface area (Å²) in [7, 11) is 0. The van der Waals surface area contributed by atoms with E-state index in [4.69, 9.17) is 0 Å². The molecule has 0 unspecified atom stereocenters. The van der Waals surface area contributed by atoms with Crippen LogP contribution in [-0.4, -0.2) is 23.2 Å². The normalized spacial score (nSPS) is 25.3. The van der Waals surface area contributed by atoms with Crippen molar-refractivity contribution in [1.82, 2.24) is 5.32 Å². The fraction of sp³-hybridized carbons (Fsp3) is 0.583. The van der Waals surface area contributed by atoms with Crippen molar-refractivity contribution < 1.29 is 9.90 Å². The SMILES string of the molecule is O=C(Cc1cccs1)N[C@H]1CCCC[C@@H]1O. The summed E-state index contributed by atoms with van der Waals surface area (Å²) < 4.78 is 0. The first-order chi connectivity index (χ1) is 7.75. The van der Waals surface area contributed by atoms with Gasteiger partial charge >= 0.3 is 0 Å². The molecular weight excluding hydrogens is 222 g/mol. The molecule has 88 valence electrons. The van der Waals surface area contributed by atoms with Crippen LogP contribution in [0.4, 0.5) is 0 Å². The summed E-state index contributed by atoms with van der Waals surface area (Å²) >= 11 is 1.59. The van der Waals surface area contributed by atoms with Gasteiger partial charge in [-0.2, -0.15) is 0 Å². The Morgan fingerprint density at radius 3 is 3.00 bits per heavy atom. The fourth-order valence-corrected chi connectivity index (χ4v) is 2.81. The van der Waals surface area contributed by atoms with E-state index in [1.54, 1.807) is 11.3 Å². The third-order valence-electron chi connectivity index (χ3n) is 2.99. The fourth-order valence-electron chi connectivity index (χ4n) is 2.11. The molecular formula is C12H17NO2S. The van der Waals surface area contributed by atoms with Crippen LogP contribution >= 0.6 is 11.3 Å². The Balaban J connectivity index is 1.82. The van der Waals surface area contributed by atoms with Gasteiger partial charge in [-0.3, -0.25) is 4.79 Å². The lowest BCUT2D eigenvalue weighted by atomic mass is 9.92. The maximum atomic E-state index is 11.7. The maximum Gasteiger partial charge on any atom is 0.225 e. The smallest absolute Gasteiger partial charge is 0.225 e. The highest BCUT2D eigenvalue weighted by atomic mass is 32.1. The Morgan fingerprint density at radius 1 is 1.50 bits per heavy atom. The Hall–Kier alpha value is -0.870. The van der Waals surface area contributed by atoms with Gasteiger partial charge in [0, 0.05) is 4.88 Å². The van der Waals surface area contributed by atoms with Gasteiger partial charge in [0.05, 0.1) is 18.6 Å². The molecule has 1 saturated carbocycles. The van der Waals surface area contributed by atoms with Gasteiger partial charge in [-0.1, -0.05) is 18.9 Å². The van der Waals surface area contributed by atoms with E-state index >= 15 is 0 Å². The first kappa shape index (κ1) is 11.6. The lowest BCUT2D eigenvalue weighted by Crippen LogP contribution is -2.45. The molecule has 2 N–H and O–H groups in total. The highest BCUT2D eigenvalue weighted by molar-refractivity contribution is 7.10. The summed E-state index contributed by atoms with van der Waals surface area (Å²) in [5, 5.41) is 14.6. The van der Waals surface area contributed by atoms with Crippen molar-refractivity contribution in [3.8, 4) is 0 Å². The van der Waals surface area contributed by atoms with Crippen LogP contribution < -0.4 is 5.32 Å². The lowest BCUT2D eigenvalue weighted by molar-refractivity contribution is -0.122. The summed E-state index contributed by atoms with van der Waals surface area (Å²) in [6.45, 7) is 0. The number of hydrogen-bond donors (Lipinski definition) is 2. The van der Waals surface area contributed by atoms with Gasteiger partial charge < -0.3 is 10.4 Å². The molecule has 0 aliphatic heterocycles. The molecule has 2 atom stereocenters. The van der Waals surface area contributed by atoms with Crippen LogP contribution in [0.1, 0.15) is 30.6 Å². The summed E-state index contributed by atoms with van der Waals surface area (Å²) in [6, 6.07) is 3.87. The monoisotopic (exact) mass is 239 g/mol. The topological polar surface area (TPSA) is 49.3 Å². The third-order valence-corrected chi connectivity index (χ3v) is 3.87. The van der Waals surface area contributed by atoms with Crippen LogP contribution in [-0.2, 0) is 11.2 Å². The van der Waals surface area contributed by atoms with Gasteiger partial charge in [0.25, 0.3) is 0 Å². The van der Waals surface area contributed by atoms with Gasteiger partial charge in [0.2, 0.25) is 5.91 Å². The Morgan fingerprint density at radius 2 is 2.31 bits per heavy atom. The van der Waals surface area contributed by atoms with Gasteiger partial charge in [0.1, 0.15) is 0 Å². The first-order valence-electron chi connectivity index (χ1n) is 5.75. The molecule has 1 aromatic rings. The minimum absolute atomic E-state index is 0.0217. The zero-order valence-corrected chi connectivity index (χ0v) is 10.0. The minimum atomic E-state index is -0.360. The molecule has 1 fully saturated rings. The standard InChI is InChI=1S/C12H17NO2S/c14-11-6-2-1-5-10(11)13-12(15)8-9-4-3-7-16-9/h3-4,7,10-11,14H,1-2,5-6,8H2,(H,13,15)/t10-,11-/m0/s1. The van der Waals surface area contributed by atoms with Crippen molar-refractivity contribution in [1.29, 1.82) is 0 Å². The zero-order valence-electron chi connectivity index (χ0n) is 9.19. The Bertz CT molecular complexity index is 337. The van der Waals surface area contributed by atoms with E-state index in [1.807, 2.05) is 17.5 Å². The van der Waals surface area contributed by atoms with Crippen LogP contribution in [0.15, 0.2) is 17.5 Å². The van der Waals surface area contributed by atoms with E-state index in [1.165, 1.54) is 0 Å². The quantitative estimate of drug-likeness (QED) is 0.843. The van der Waals surface area contributed by atoms with Crippen molar-refractivity contribution in [2.24, 2.45) is 0 Å². The number of carbonyl (C=O) groups excluding carboxylic acids is 1. The summed E-state index contributed by atoms with van der Waals surface area (Å²) in [6.07, 6.45) is 3.95. The molecule has 2 rings (SSSR count). The predicted molar refractivity (Wildman–Crippen MR) is 64.4 cm³/mol. The second-order valence-electron chi connectivity index (χ2n) is 4.28. The molecule has 0 spiro atoms. The van der Waals surface area contributed by atoms with E-state index in [0.29, 0.717) is 6.42 Å².